The predicted molar refractivity (Wildman–Crippen MR) is 70.4 cm³/mol. The van der Waals surface area contributed by atoms with Crippen molar-refractivity contribution in [2.24, 2.45) is 0 Å². The van der Waals surface area contributed by atoms with Crippen molar-refractivity contribution in [2.45, 2.75) is 33.2 Å². The third-order valence-electron chi connectivity index (χ3n) is 3.25. The maximum absolute atomic E-state index is 11.8. The molecule has 0 atom stereocenters. The third-order valence-corrected chi connectivity index (χ3v) is 3.25. The smallest absolute Gasteiger partial charge is 0.331 e. The van der Waals surface area contributed by atoms with Crippen LogP contribution in [0.4, 0.5) is 5.69 Å². The molecule has 1 aromatic carbocycles. The predicted octanol–water partition coefficient (Wildman–Crippen LogP) is 2.69. The summed E-state index contributed by atoms with van der Waals surface area (Å²) in [7, 11) is 3.33. The van der Waals surface area contributed by atoms with E-state index in [1.54, 1.807) is 0 Å². The Labute approximate surface area is 103 Å². The Morgan fingerprint density at radius 1 is 1.29 bits per heavy atom. The van der Waals surface area contributed by atoms with Crippen LogP contribution in [0.1, 0.15) is 25.0 Å². The van der Waals surface area contributed by atoms with Gasteiger partial charge in [0, 0.05) is 12.7 Å². The second-order valence-electron chi connectivity index (χ2n) is 4.90. The van der Waals surface area contributed by atoms with Crippen molar-refractivity contribution >= 4 is 11.7 Å². The highest BCUT2D eigenvalue weighted by molar-refractivity contribution is 5.84. The number of anilines is 1. The molecule has 0 aliphatic rings. The Morgan fingerprint density at radius 2 is 1.88 bits per heavy atom. The number of aryl methyl sites for hydroxylation is 2. The van der Waals surface area contributed by atoms with Gasteiger partial charge in [0.25, 0.3) is 0 Å². The molecule has 0 aromatic heterocycles. The van der Waals surface area contributed by atoms with Crippen molar-refractivity contribution in [3.05, 3.63) is 29.3 Å². The number of carbonyl (C=O) groups is 1. The fraction of sp³-hybridized carbons (Fsp3) is 0.500. The molecule has 0 spiro atoms. The van der Waals surface area contributed by atoms with Gasteiger partial charge in [-0.15, -0.1) is 0 Å². The first-order chi connectivity index (χ1) is 7.80. The zero-order valence-electron chi connectivity index (χ0n) is 11.5. The SMILES string of the molecule is COC(=O)C(C)(C)N(C)c1cc(C)ccc1C. The van der Waals surface area contributed by atoms with Gasteiger partial charge in [-0.25, -0.2) is 4.79 Å². The van der Waals surface area contributed by atoms with Crippen LogP contribution < -0.4 is 4.90 Å². The molecule has 0 radical (unpaired) electrons. The fourth-order valence-electron chi connectivity index (χ4n) is 1.77. The topological polar surface area (TPSA) is 29.5 Å². The Kier molecular flexibility index (Phi) is 3.81. The minimum absolute atomic E-state index is 0.235. The molecule has 0 saturated carbocycles. The van der Waals surface area contributed by atoms with Crippen molar-refractivity contribution in [1.29, 1.82) is 0 Å². The highest BCUT2D eigenvalue weighted by Crippen LogP contribution is 2.27. The molecule has 0 aliphatic heterocycles. The van der Waals surface area contributed by atoms with Gasteiger partial charge in [-0.3, -0.25) is 0 Å². The number of methoxy groups -OCH3 is 1. The molecule has 0 amide bonds. The Balaban J connectivity index is 3.15. The fourth-order valence-corrected chi connectivity index (χ4v) is 1.77. The first-order valence-electron chi connectivity index (χ1n) is 5.70. The quantitative estimate of drug-likeness (QED) is 0.754. The van der Waals surface area contributed by atoms with E-state index < -0.39 is 5.54 Å². The van der Waals surface area contributed by atoms with Crippen molar-refractivity contribution in [3.8, 4) is 0 Å². The van der Waals surface area contributed by atoms with Crippen LogP contribution >= 0.6 is 0 Å². The van der Waals surface area contributed by atoms with Gasteiger partial charge in [-0.05, 0) is 44.9 Å². The van der Waals surface area contributed by atoms with Crippen LogP contribution in [0.15, 0.2) is 18.2 Å². The minimum atomic E-state index is -0.673. The van der Waals surface area contributed by atoms with Crippen LogP contribution in [0.2, 0.25) is 0 Å². The normalized spacial score (nSPS) is 11.2. The maximum atomic E-state index is 11.8. The lowest BCUT2D eigenvalue weighted by molar-refractivity contribution is -0.145. The summed E-state index contributed by atoms with van der Waals surface area (Å²) < 4.78 is 4.85. The van der Waals surface area contributed by atoms with E-state index in [-0.39, 0.29) is 5.97 Å². The van der Waals surface area contributed by atoms with Gasteiger partial charge in [0.05, 0.1) is 7.11 Å². The number of hydrogen-bond donors (Lipinski definition) is 0. The number of carbonyl (C=O) groups excluding carboxylic acids is 1. The largest absolute Gasteiger partial charge is 0.467 e. The van der Waals surface area contributed by atoms with Gasteiger partial charge in [0.2, 0.25) is 0 Å². The monoisotopic (exact) mass is 235 g/mol. The van der Waals surface area contributed by atoms with Gasteiger partial charge in [-0.2, -0.15) is 0 Å². The standard InChI is InChI=1S/C14H21NO2/c1-10-7-8-11(2)12(9-10)15(5)14(3,4)13(16)17-6/h7-9H,1-6H3. The second kappa shape index (κ2) is 4.78. The van der Waals surface area contributed by atoms with Crippen LogP contribution in [0.5, 0.6) is 0 Å². The summed E-state index contributed by atoms with van der Waals surface area (Å²) in [6.07, 6.45) is 0. The summed E-state index contributed by atoms with van der Waals surface area (Å²) in [4.78, 5) is 13.7. The molecule has 0 bridgehead atoms. The Morgan fingerprint density at radius 3 is 2.41 bits per heavy atom. The Hall–Kier alpha value is -1.51. The molecule has 1 aromatic rings. The second-order valence-corrected chi connectivity index (χ2v) is 4.90. The zero-order valence-corrected chi connectivity index (χ0v) is 11.5. The molecular formula is C14H21NO2. The van der Waals surface area contributed by atoms with E-state index in [1.165, 1.54) is 12.7 Å². The molecule has 1 rings (SSSR count). The van der Waals surface area contributed by atoms with Crippen LogP contribution in [0.3, 0.4) is 0 Å². The lowest BCUT2D eigenvalue weighted by Crippen LogP contribution is -2.49. The highest BCUT2D eigenvalue weighted by Gasteiger charge is 2.34. The lowest BCUT2D eigenvalue weighted by Gasteiger charge is -2.35. The van der Waals surface area contributed by atoms with Crippen LogP contribution in [0.25, 0.3) is 0 Å². The molecule has 3 nitrogen and oxygen atoms in total. The lowest BCUT2D eigenvalue weighted by atomic mass is 10.0. The molecule has 0 unspecified atom stereocenters. The van der Waals surface area contributed by atoms with E-state index in [0.29, 0.717) is 0 Å². The summed E-state index contributed by atoms with van der Waals surface area (Å²) in [5, 5.41) is 0. The van der Waals surface area contributed by atoms with E-state index in [0.717, 1.165) is 11.3 Å². The Bertz CT molecular complexity index is 424. The first kappa shape index (κ1) is 13.6. The number of esters is 1. The summed E-state index contributed by atoms with van der Waals surface area (Å²) in [6.45, 7) is 7.81. The zero-order chi connectivity index (χ0) is 13.2. The third kappa shape index (κ3) is 2.60. The molecular weight excluding hydrogens is 214 g/mol. The average Bonchev–Trinajstić information content (AvgIpc) is 2.30. The summed E-state index contributed by atoms with van der Waals surface area (Å²) in [6, 6.07) is 6.21. The highest BCUT2D eigenvalue weighted by atomic mass is 16.5. The number of likely N-dealkylation sites (N-methyl/N-ethyl adjacent to an activating group) is 1. The van der Waals surface area contributed by atoms with Crippen LogP contribution in [0, 0.1) is 13.8 Å². The number of hydrogen-bond acceptors (Lipinski definition) is 3. The van der Waals surface area contributed by atoms with Crippen molar-refractivity contribution < 1.29 is 9.53 Å². The van der Waals surface area contributed by atoms with Crippen molar-refractivity contribution in [3.63, 3.8) is 0 Å². The molecule has 0 N–H and O–H groups in total. The van der Waals surface area contributed by atoms with E-state index in [2.05, 4.69) is 18.2 Å². The van der Waals surface area contributed by atoms with Crippen LogP contribution in [-0.2, 0) is 9.53 Å². The number of ether oxygens (including phenoxy) is 1. The van der Waals surface area contributed by atoms with E-state index in [9.17, 15) is 4.79 Å². The molecule has 94 valence electrons. The molecule has 17 heavy (non-hydrogen) atoms. The summed E-state index contributed by atoms with van der Waals surface area (Å²) in [5.74, 6) is -0.235. The van der Waals surface area contributed by atoms with E-state index >= 15 is 0 Å². The van der Waals surface area contributed by atoms with Gasteiger partial charge < -0.3 is 9.64 Å². The van der Waals surface area contributed by atoms with E-state index in [4.69, 9.17) is 4.74 Å². The summed E-state index contributed by atoms with van der Waals surface area (Å²) in [5.41, 5.74) is 2.71. The van der Waals surface area contributed by atoms with Gasteiger partial charge in [0.15, 0.2) is 0 Å². The summed E-state index contributed by atoms with van der Waals surface area (Å²) >= 11 is 0. The van der Waals surface area contributed by atoms with Crippen LogP contribution in [-0.4, -0.2) is 25.7 Å². The molecule has 0 aliphatic carbocycles. The van der Waals surface area contributed by atoms with Gasteiger partial charge in [0.1, 0.15) is 5.54 Å². The number of nitrogens with zero attached hydrogens (tertiary/aromatic N) is 1. The van der Waals surface area contributed by atoms with E-state index in [1.807, 2.05) is 39.6 Å². The number of benzene rings is 1. The van der Waals surface area contributed by atoms with Crippen molar-refractivity contribution in [1.82, 2.24) is 0 Å². The molecule has 0 heterocycles. The first-order valence-corrected chi connectivity index (χ1v) is 5.70. The average molecular weight is 235 g/mol. The maximum Gasteiger partial charge on any atom is 0.331 e. The molecule has 3 heteroatoms. The molecule has 0 saturated heterocycles. The van der Waals surface area contributed by atoms with Crippen molar-refractivity contribution in [2.75, 3.05) is 19.1 Å². The molecule has 0 fully saturated rings. The van der Waals surface area contributed by atoms with Gasteiger partial charge in [-0.1, -0.05) is 12.1 Å². The minimum Gasteiger partial charge on any atom is -0.467 e. The van der Waals surface area contributed by atoms with Gasteiger partial charge >= 0.3 is 5.97 Å². The number of rotatable bonds is 3.